The van der Waals surface area contributed by atoms with Crippen molar-refractivity contribution in [1.82, 2.24) is 9.21 Å². The maximum Gasteiger partial charge on any atom is 0.249 e. The van der Waals surface area contributed by atoms with Gasteiger partial charge in [-0.05, 0) is 43.4 Å². The first-order valence-corrected chi connectivity index (χ1v) is 10.8. The van der Waals surface area contributed by atoms with Crippen LogP contribution < -0.4 is 0 Å². The van der Waals surface area contributed by atoms with Crippen molar-refractivity contribution in [2.75, 3.05) is 26.2 Å². The third kappa shape index (κ3) is 4.54. The van der Waals surface area contributed by atoms with Crippen LogP contribution in [0.1, 0.15) is 52.0 Å². The minimum atomic E-state index is -3.51. The third-order valence-corrected chi connectivity index (χ3v) is 6.99. The van der Waals surface area contributed by atoms with E-state index in [1.165, 1.54) is 4.31 Å². The molecule has 2 rings (SSSR count). The summed E-state index contributed by atoms with van der Waals surface area (Å²) >= 11 is 0. The Morgan fingerprint density at radius 1 is 1.12 bits per heavy atom. The topological polar surface area (TPSA) is 57.7 Å². The molecule has 1 aromatic rings. The van der Waals surface area contributed by atoms with Gasteiger partial charge in [-0.1, -0.05) is 39.0 Å². The predicted octanol–water partition coefficient (Wildman–Crippen LogP) is 3.39. The van der Waals surface area contributed by atoms with Crippen LogP contribution in [0, 0.1) is 0 Å². The van der Waals surface area contributed by atoms with E-state index in [1.54, 1.807) is 17.0 Å². The Balaban J connectivity index is 2.06. The number of nitrogens with zero attached hydrogens (tertiary/aromatic N) is 2. The van der Waals surface area contributed by atoms with E-state index in [4.69, 9.17) is 0 Å². The summed E-state index contributed by atoms with van der Waals surface area (Å²) in [6.45, 7) is 9.58. The molecule has 1 aliphatic heterocycles. The predicted molar refractivity (Wildman–Crippen MR) is 105 cm³/mol. The van der Waals surface area contributed by atoms with Crippen LogP contribution in [-0.4, -0.2) is 49.7 Å². The van der Waals surface area contributed by atoms with Crippen LogP contribution in [0.5, 0.6) is 0 Å². The minimum absolute atomic E-state index is 0.00167. The second-order valence-electron chi connectivity index (χ2n) is 6.87. The van der Waals surface area contributed by atoms with Crippen molar-refractivity contribution in [1.29, 1.82) is 0 Å². The Kier molecular flexibility index (Phi) is 7.01. The smallest absolute Gasteiger partial charge is 0.249 e. The van der Waals surface area contributed by atoms with E-state index in [-0.39, 0.29) is 5.91 Å². The first kappa shape index (κ1) is 20.6. The highest BCUT2D eigenvalue weighted by molar-refractivity contribution is 7.89. The standard InChI is InChI=1S/C20H30N2O3S/c1-5-7-17(4)20(23)21-12-14-22(15-13-21)26(24,25)19-10-8-18(9-11-19)16(3)6-2/h7-11,16H,5-6,12-15H2,1-4H3. The number of hydrogen-bond acceptors (Lipinski definition) is 3. The summed E-state index contributed by atoms with van der Waals surface area (Å²) in [5, 5.41) is 0. The van der Waals surface area contributed by atoms with E-state index in [0.717, 1.165) is 24.0 Å². The molecule has 1 unspecified atom stereocenters. The molecule has 1 saturated heterocycles. The highest BCUT2D eigenvalue weighted by Crippen LogP contribution is 2.23. The first-order valence-electron chi connectivity index (χ1n) is 9.37. The van der Waals surface area contributed by atoms with Crippen molar-refractivity contribution < 1.29 is 13.2 Å². The van der Waals surface area contributed by atoms with Crippen LogP contribution in [0.2, 0.25) is 0 Å². The Labute approximate surface area is 157 Å². The monoisotopic (exact) mass is 378 g/mol. The lowest BCUT2D eigenvalue weighted by Gasteiger charge is -2.34. The average molecular weight is 379 g/mol. The van der Waals surface area contributed by atoms with Crippen molar-refractivity contribution in [3.63, 3.8) is 0 Å². The first-order chi connectivity index (χ1) is 12.3. The van der Waals surface area contributed by atoms with Gasteiger partial charge in [-0.15, -0.1) is 0 Å². The third-order valence-electron chi connectivity index (χ3n) is 5.07. The fourth-order valence-electron chi connectivity index (χ4n) is 3.13. The fraction of sp³-hybridized carbons (Fsp3) is 0.550. The molecule has 1 amide bonds. The normalized spacial score (nSPS) is 18.0. The van der Waals surface area contributed by atoms with E-state index in [0.29, 0.717) is 37.0 Å². The fourth-order valence-corrected chi connectivity index (χ4v) is 4.55. The lowest BCUT2D eigenvalue weighted by Crippen LogP contribution is -2.50. The molecule has 0 N–H and O–H groups in total. The summed E-state index contributed by atoms with van der Waals surface area (Å²) in [4.78, 5) is 14.4. The van der Waals surface area contributed by atoms with Gasteiger partial charge in [-0.3, -0.25) is 4.79 Å². The Bertz CT molecular complexity index is 746. The zero-order chi connectivity index (χ0) is 19.3. The van der Waals surface area contributed by atoms with Crippen LogP contribution >= 0.6 is 0 Å². The lowest BCUT2D eigenvalue weighted by molar-refractivity contribution is -0.128. The van der Waals surface area contributed by atoms with Gasteiger partial charge in [0, 0.05) is 31.8 Å². The molecule has 0 aromatic heterocycles. The Hall–Kier alpha value is -1.66. The van der Waals surface area contributed by atoms with E-state index < -0.39 is 10.0 Å². The molecule has 1 fully saturated rings. The lowest BCUT2D eigenvalue weighted by atomic mass is 9.99. The zero-order valence-corrected chi connectivity index (χ0v) is 17.1. The number of rotatable bonds is 6. The van der Waals surface area contributed by atoms with Gasteiger partial charge >= 0.3 is 0 Å². The molecule has 26 heavy (non-hydrogen) atoms. The number of hydrogen-bond donors (Lipinski definition) is 0. The summed E-state index contributed by atoms with van der Waals surface area (Å²) in [6, 6.07) is 7.20. The van der Waals surface area contributed by atoms with Crippen molar-refractivity contribution >= 4 is 15.9 Å². The number of benzene rings is 1. The van der Waals surface area contributed by atoms with Gasteiger partial charge in [0.05, 0.1) is 4.90 Å². The van der Waals surface area contributed by atoms with Crippen LogP contribution in [-0.2, 0) is 14.8 Å². The van der Waals surface area contributed by atoms with Crippen molar-refractivity contribution in [3.05, 3.63) is 41.5 Å². The second-order valence-corrected chi connectivity index (χ2v) is 8.81. The molecule has 1 aliphatic rings. The molecular formula is C20H30N2O3S. The summed E-state index contributed by atoms with van der Waals surface area (Å²) in [7, 11) is -3.51. The quantitative estimate of drug-likeness (QED) is 0.713. The molecule has 144 valence electrons. The molecule has 0 saturated carbocycles. The second kappa shape index (κ2) is 8.82. The van der Waals surface area contributed by atoms with E-state index in [1.807, 2.05) is 32.1 Å². The highest BCUT2D eigenvalue weighted by atomic mass is 32.2. The summed E-state index contributed by atoms with van der Waals surface area (Å²) in [6.07, 6.45) is 3.75. The van der Waals surface area contributed by atoms with E-state index in [2.05, 4.69) is 13.8 Å². The molecule has 0 aliphatic carbocycles. The van der Waals surface area contributed by atoms with Gasteiger partial charge < -0.3 is 4.90 Å². The molecular weight excluding hydrogens is 348 g/mol. The van der Waals surface area contributed by atoms with Gasteiger partial charge in [-0.25, -0.2) is 8.42 Å². The van der Waals surface area contributed by atoms with Gasteiger partial charge in [0.15, 0.2) is 0 Å². The molecule has 0 bridgehead atoms. The molecule has 0 spiro atoms. The van der Waals surface area contributed by atoms with Crippen LogP contribution in [0.4, 0.5) is 0 Å². The van der Waals surface area contributed by atoms with Crippen LogP contribution in [0.25, 0.3) is 0 Å². The summed E-state index contributed by atoms with van der Waals surface area (Å²) < 4.78 is 27.2. The zero-order valence-electron chi connectivity index (χ0n) is 16.2. The van der Waals surface area contributed by atoms with Crippen molar-refractivity contribution in [2.24, 2.45) is 0 Å². The van der Waals surface area contributed by atoms with Crippen LogP contribution in [0.15, 0.2) is 40.8 Å². The van der Waals surface area contributed by atoms with Crippen molar-refractivity contribution in [3.8, 4) is 0 Å². The summed E-state index contributed by atoms with van der Waals surface area (Å²) in [5.41, 5.74) is 1.88. The number of sulfonamides is 1. The molecule has 1 heterocycles. The van der Waals surface area contributed by atoms with Gasteiger partial charge in [0.1, 0.15) is 0 Å². The molecule has 1 aromatic carbocycles. The average Bonchev–Trinajstić information content (AvgIpc) is 2.67. The molecule has 6 heteroatoms. The number of piperazine rings is 1. The Morgan fingerprint density at radius 3 is 2.19 bits per heavy atom. The van der Waals surface area contributed by atoms with Gasteiger partial charge in [0.25, 0.3) is 0 Å². The van der Waals surface area contributed by atoms with E-state index >= 15 is 0 Å². The SMILES string of the molecule is CCC=C(C)C(=O)N1CCN(S(=O)(=O)c2ccc(C(C)CC)cc2)CC1. The van der Waals surface area contributed by atoms with E-state index in [9.17, 15) is 13.2 Å². The van der Waals surface area contributed by atoms with Crippen LogP contribution in [0.3, 0.4) is 0 Å². The number of amides is 1. The minimum Gasteiger partial charge on any atom is -0.336 e. The van der Waals surface area contributed by atoms with Crippen molar-refractivity contribution in [2.45, 2.75) is 51.3 Å². The number of allylic oxidation sites excluding steroid dienone is 1. The summed E-state index contributed by atoms with van der Waals surface area (Å²) in [5.74, 6) is 0.419. The number of carbonyl (C=O) groups is 1. The largest absolute Gasteiger partial charge is 0.336 e. The highest BCUT2D eigenvalue weighted by Gasteiger charge is 2.30. The molecule has 0 radical (unpaired) electrons. The van der Waals surface area contributed by atoms with Gasteiger partial charge in [0.2, 0.25) is 15.9 Å². The number of carbonyl (C=O) groups excluding carboxylic acids is 1. The maximum absolute atomic E-state index is 12.9. The Morgan fingerprint density at radius 2 is 1.69 bits per heavy atom. The molecule has 1 atom stereocenters. The van der Waals surface area contributed by atoms with Gasteiger partial charge in [-0.2, -0.15) is 4.31 Å². The maximum atomic E-state index is 12.9. The molecule has 5 nitrogen and oxygen atoms in total.